The van der Waals surface area contributed by atoms with Gasteiger partial charge in [0.25, 0.3) is 0 Å². The molecular formula is C12H23IN4OS. The second-order valence-corrected chi connectivity index (χ2v) is 5.20. The number of nitrogens with one attached hydrogen (secondary N) is 2. The lowest BCUT2D eigenvalue weighted by molar-refractivity contribution is 0.372. The molecule has 0 atom stereocenters. The number of guanidine groups is 1. The van der Waals surface area contributed by atoms with Gasteiger partial charge >= 0.3 is 0 Å². The fraction of sp³-hybridized carbons (Fsp3) is 0.667. The standard InChI is InChI=1S/C12H22N4OS.HI/c1-9(2)11-7-10(17-16-11)8-15-12(13-3)14-5-6-18-4;/h7,9H,5-6,8H2,1-4H3,(H2,13,14,15);1H. The summed E-state index contributed by atoms with van der Waals surface area (Å²) >= 11 is 1.80. The van der Waals surface area contributed by atoms with Crippen molar-refractivity contribution in [3.63, 3.8) is 0 Å². The average molecular weight is 398 g/mol. The van der Waals surface area contributed by atoms with Crippen molar-refractivity contribution in [3.05, 3.63) is 17.5 Å². The number of aromatic nitrogens is 1. The molecule has 0 fully saturated rings. The van der Waals surface area contributed by atoms with Gasteiger partial charge in [-0.2, -0.15) is 11.8 Å². The van der Waals surface area contributed by atoms with Gasteiger partial charge in [0, 0.05) is 25.4 Å². The normalized spacial score (nSPS) is 11.3. The molecule has 110 valence electrons. The Morgan fingerprint density at radius 2 is 2.21 bits per heavy atom. The van der Waals surface area contributed by atoms with E-state index in [1.807, 2.05) is 6.07 Å². The van der Waals surface area contributed by atoms with E-state index in [0.29, 0.717) is 12.5 Å². The van der Waals surface area contributed by atoms with E-state index in [2.05, 4.69) is 40.9 Å². The summed E-state index contributed by atoms with van der Waals surface area (Å²) in [6.45, 7) is 5.68. The van der Waals surface area contributed by atoms with Crippen molar-refractivity contribution in [2.24, 2.45) is 4.99 Å². The first kappa shape index (κ1) is 18.6. The van der Waals surface area contributed by atoms with Gasteiger partial charge in [-0.15, -0.1) is 24.0 Å². The zero-order valence-electron chi connectivity index (χ0n) is 11.9. The minimum absolute atomic E-state index is 0. The smallest absolute Gasteiger partial charge is 0.191 e. The maximum Gasteiger partial charge on any atom is 0.191 e. The summed E-state index contributed by atoms with van der Waals surface area (Å²) in [5, 5.41) is 10.4. The van der Waals surface area contributed by atoms with Crippen molar-refractivity contribution in [2.45, 2.75) is 26.3 Å². The molecule has 0 unspecified atom stereocenters. The second-order valence-electron chi connectivity index (χ2n) is 4.22. The van der Waals surface area contributed by atoms with E-state index in [1.165, 1.54) is 0 Å². The summed E-state index contributed by atoms with van der Waals surface area (Å²) in [7, 11) is 1.76. The zero-order chi connectivity index (χ0) is 13.4. The van der Waals surface area contributed by atoms with Crippen LogP contribution in [0, 0.1) is 0 Å². The summed E-state index contributed by atoms with van der Waals surface area (Å²) in [4.78, 5) is 4.14. The van der Waals surface area contributed by atoms with Crippen LogP contribution in [0.5, 0.6) is 0 Å². The van der Waals surface area contributed by atoms with Crippen molar-refractivity contribution in [2.75, 3.05) is 25.6 Å². The van der Waals surface area contributed by atoms with E-state index in [9.17, 15) is 0 Å². The van der Waals surface area contributed by atoms with Crippen LogP contribution in [-0.4, -0.2) is 36.7 Å². The van der Waals surface area contributed by atoms with Crippen molar-refractivity contribution < 1.29 is 4.52 Å². The monoisotopic (exact) mass is 398 g/mol. The lowest BCUT2D eigenvalue weighted by Crippen LogP contribution is -2.37. The molecule has 0 saturated heterocycles. The third kappa shape index (κ3) is 7.05. The molecule has 0 spiro atoms. The third-order valence-electron chi connectivity index (χ3n) is 2.42. The topological polar surface area (TPSA) is 62.5 Å². The van der Waals surface area contributed by atoms with Crippen LogP contribution in [0.3, 0.4) is 0 Å². The Balaban J connectivity index is 0.00000324. The lowest BCUT2D eigenvalue weighted by atomic mass is 10.1. The highest BCUT2D eigenvalue weighted by Crippen LogP contribution is 2.13. The number of aliphatic imine (C=N–C) groups is 1. The van der Waals surface area contributed by atoms with Crippen molar-refractivity contribution >= 4 is 41.7 Å². The molecule has 2 N–H and O–H groups in total. The Labute approximate surface area is 136 Å². The fourth-order valence-corrected chi connectivity index (χ4v) is 1.65. The number of hydrogen-bond donors (Lipinski definition) is 2. The number of halogens is 1. The summed E-state index contributed by atoms with van der Waals surface area (Å²) in [5.74, 6) is 3.06. The molecule has 1 aromatic rings. The van der Waals surface area contributed by atoms with Gasteiger partial charge in [0.2, 0.25) is 0 Å². The Hall–Kier alpha value is -0.440. The van der Waals surface area contributed by atoms with Crippen LogP contribution >= 0.6 is 35.7 Å². The van der Waals surface area contributed by atoms with Crippen LogP contribution in [0.25, 0.3) is 0 Å². The quantitative estimate of drug-likeness (QED) is 0.334. The van der Waals surface area contributed by atoms with Crippen LogP contribution in [0.1, 0.15) is 31.2 Å². The van der Waals surface area contributed by atoms with E-state index < -0.39 is 0 Å². The highest BCUT2D eigenvalue weighted by molar-refractivity contribution is 14.0. The van der Waals surface area contributed by atoms with E-state index in [-0.39, 0.29) is 24.0 Å². The number of nitrogens with zero attached hydrogens (tertiary/aromatic N) is 2. The molecule has 0 aliphatic rings. The highest BCUT2D eigenvalue weighted by atomic mass is 127. The van der Waals surface area contributed by atoms with Gasteiger partial charge in [-0.25, -0.2) is 0 Å². The summed E-state index contributed by atoms with van der Waals surface area (Å²) < 4.78 is 5.25. The number of hydrogen-bond acceptors (Lipinski definition) is 4. The summed E-state index contributed by atoms with van der Waals surface area (Å²) in [6, 6.07) is 1.98. The molecule has 0 saturated carbocycles. The number of thioether (sulfide) groups is 1. The van der Waals surface area contributed by atoms with Crippen molar-refractivity contribution in [1.82, 2.24) is 15.8 Å². The molecule has 19 heavy (non-hydrogen) atoms. The van der Waals surface area contributed by atoms with Crippen molar-refractivity contribution in [1.29, 1.82) is 0 Å². The van der Waals surface area contributed by atoms with Crippen LogP contribution in [-0.2, 0) is 6.54 Å². The van der Waals surface area contributed by atoms with Gasteiger partial charge in [0.1, 0.15) is 0 Å². The molecule has 0 aliphatic heterocycles. The maximum absolute atomic E-state index is 5.25. The minimum Gasteiger partial charge on any atom is -0.359 e. The van der Waals surface area contributed by atoms with Crippen LogP contribution in [0.4, 0.5) is 0 Å². The number of rotatable bonds is 6. The fourth-order valence-electron chi connectivity index (χ4n) is 1.35. The van der Waals surface area contributed by atoms with Gasteiger partial charge in [-0.1, -0.05) is 19.0 Å². The molecule has 0 aliphatic carbocycles. The first-order valence-corrected chi connectivity index (χ1v) is 7.45. The summed E-state index contributed by atoms with van der Waals surface area (Å²) in [6.07, 6.45) is 2.08. The van der Waals surface area contributed by atoms with Gasteiger partial charge in [0.15, 0.2) is 11.7 Å². The Morgan fingerprint density at radius 1 is 1.47 bits per heavy atom. The molecule has 1 rings (SSSR count). The van der Waals surface area contributed by atoms with Gasteiger partial charge in [-0.3, -0.25) is 4.99 Å². The minimum atomic E-state index is 0. The molecule has 5 nitrogen and oxygen atoms in total. The first-order valence-electron chi connectivity index (χ1n) is 6.06. The first-order chi connectivity index (χ1) is 8.67. The van der Waals surface area contributed by atoms with Gasteiger partial charge < -0.3 is 15.2 Å². The van der Waals surface area contributed by atoms with Crippen LogP contribution < -0.4 is 10.6 Å². The average Bonchev–Trinajstić information content (AvgIpc) is 2.82. The second kappa shape index (κ2) is 10.4. The SMILES string of the molecule is CN=C(NCCSC)NCc1cc(C(C)C)no1.I. The molecule has 1 aromatic heterocycles. The largest absolute Gasteiger partial charge is 0.359 e. The van der Waals surface area contributed by atoms with E-state index in [1.54, 1.807) is 18.8 Å². The Kier molecular flexibility index (Phi) is 10.1. The van der Waals surface area contributed by atoms with E-state index >= 15 is 0 Å². The third-order valence-corrected chi connectivity index (χ3v) is 3.03. The van der Waals surface area contributed by atoms with Crippen molar-refractivity contribution in [3.8, 4) is 0 Å². The van der Waals surface area contributed by atoms with Gasteiger partial charge in [0.05, 0.1) is 12.2 Å². The molecule has 0 bridgehead atoms. The van der Waals surface area contributed by atoms with E-state index in [0.717, 1.165) is 29.7 Å². The van der Waals surface area contributed by atoms with Gasteiger partial charge in [-0.05, 0) is 12.2 Å². The molecule has 1 heterocycles. The lowest BCUT2D eigenvalue weighted by Gasteiger charge is -2.09. The predicted molar refractivity (Wildman–Crippen MR) is 92.6 cm³/mol. The molecule has 0 aromatic carbocycles. The van der Waals surface area contributed by atoms with E-state index in [4.69, 9.17) is 4.52 Å². The molecule has 0 radical (unpaired) electrons. The highest BCUT2D eigenvalue weighted by Gasteiger charge is 2.07. The molecular weight excluding hydrogens is 375 g/mol. The Morgan fingerprint density at radius 3 is 2.74 bits per heavy atom. The molecule has 0 amide bonds. The van der Waals surface area contributed by atoms with Crippen LogP contribution in [0.2, 0.25) is 0 Å². The summed E-state index contributed by atoms with van der Waals surface area (Å²) in [5.41, 5.74) is 0.983. The Bertz CT molecular complexity index is 382. The van der Waals surface area contributed by atoms with Crippen LogP contribution in [0.15, 0.2) is 15.6 Å². The zero-order valence-corrected chi connectivity index (χ0v) is 15.0. The molecule has 7 heteroatoms. The maximum atomic E-state index is 5.25. The predicted octanol–water partition coefficient (Wildman–Crippen LogP) is 2.44.